The number of carboxylic acid groups (broad SMARTS) is 1. The summed E-state index contributed by atoms with van der Waals surface area (Å²) in [5.41, 5.74) is 1.75. The molecule has 0 aliphatic carbocycles. The summed E-state index contributed by atoms with van der Waals surface area (Å²) in [6, 6.07) is -0.890. The Morgan fingerprint density at radius 1 is 1.40 bits per heavy atom. The Kier molecular flexibility index (Phi) is 4.36. The van der Waals surface area contributed by atoms with E-state index in [2.05, 4.69) is 10.1 Å². The van der Waals surface area contributed by atoms with Gasteiger partial charge in [-0.3, -0.25) is 14.3 Å². The minimum Gasteiger partial charge on any atom is -0.481 e. The molecule has 2 aromatic rings. The van der Waals surface area contributed by atoms with E-state index in [1.165, 1.54) is 0 Å². The Balaban J connectivity index is 2.09. The fourth-order valence-electron chi connectivity index (χ4n) is 3.77. The van der Waals surface area contributed by atoms with Gasteiger partial charge in [0.05, 0.1) is 17.7 Å². The highest BCUT2D eigenvalue weighted by Crippen LogP contribution is 2.41. The summed E-state index contributed by atoms with van der Waals surface area (Å²) in [7, 11) is 3.65. The van der Waals surface area contributed by atoms with E-state index in [0.29, 0.717) is 12.2 Å². The number of hydrogen-bond acceptors (Lipinski definition) is 4. The fraction of sp³-hybridized carbons (Fsp3) is 0.529. The maximum absolute atomic E-state index is 12.8. The fourth-order valence-corrected chi connectivity index (χ4v) is 3.77. The molecular weight excluding hydrogens is 322 g/mol. The average molecular weight is 345 g/mol. The molecule has 3 rings (SSSR count). The van der Waals surface area contributed by atoms with Gasteiger partial charge in [-0.1, -0.05) is 0 Å². The Hall–Kier alpha value is -2.64. The number of carboxylic acids is 1. The molecular formula is C17H23N5O3. The molecule has 0 aromatic carbocycles. The zero-order valence-electron chi connectivity index (χ0n) is 14.9. The lowest BCUT2D eigenvalue weighted by molar-refractivity contribution is -0.154. The quantitative estimate of drug-likeness (QED) is 0.908. The van der Waals surface area contributed by atoms with Crippen LogP contribution in [0.5, 0.6) is 0 Å². The van der Waals surface area contributed by atoms with Gasteiger partial charge in [0.1, 0.15) is 11.9 Å². The maximum atomic E-state index is 12.8. The molecule has 25 heavy (non-hydrogen) atoms. The third-order valence-corrected chi connectivity index (χ3v) is 5.00. The van der Waals surface area contributed by atoms with Crippen LogP contribution in [0.25, 0.3) is 0 Å². The molecule has 0 saturated carbocycles. The second kappa shape index (κ2) is 6.34. The monoisotopic (exact) mass is 345 g/mol. The summed E-state index contributed by atoms with van der Waals surface area (Å²) in [5, 5.41) is 14.1. The summed E-state index contributed by atoms with van der Waals surface area (Å²) < 4.78 is 3.50. The number of rotatable bonds is 4. The van der Waals surface area contributed by atoms with Gasteiger partial charge in [-0.05, 0) is 20.3 Å². The summed E-state index contributed by atoms with van der Waals surface area (Å²) in [6.45, 7) is 3.81. The minimum absolute atomic E-state index is 0.0544. The van der Waals surface area contributed by atoms with Gasteiger partial charge in [0, 0.05) is 44.7 Å². The first-order chi connectivity index (χ1) is 11.8. The van der Waals surface area contributed by atoms with Gasteiger partial charge in [0.25, 0.3) is 0 Å². The molecule has 8 heteroatoms. The normalized spacial score (nSPS) is 22.2. The molecule has 2 aromatic heterocycles. The Labute approximate surface area is 146 Å². The highest BCUT2D eigenvalue weighted by Gasteiger charge is 2.45. The maximum Gasteiger partial charge on any atom is 0.309 e. The van der Waals surface area contributed by atoms with Crippen LogP contribution in [0.15, 0.2) is 18.6 Å². The molecule has 0 spiro atoms. The Bertz CT molecular complexity index is 809. The predicted molar refractivity (Wildman–Crippen MR) is 89.5 cm³/mol. The molecule has 3 atom stereocenters. The van der Waals surface area contributed by atoms with Gasteiger partial charge in [-0.2, -0.15) is 5.10 Å². The molecule has 134 valence electrons. The summed E-state index contributed by atoms with van der Waals surface area (Å²) in [5.74, 6) is -1.05. The molecule has 8 nitrogen and oxygen atoms in total. The smallest absolute Gasteiger partial charge is 0.309 e. The summed E-state index contributed by atoms with van der Waals surface area (Å²) in [6.07, 6.45) is 5.83. The van der Waals surface area contributed by atoms with Gasteiger partial charge in [0.2, 0.25) is 5.91 Å². The van der Waals surface area contributed by atoms with E-state index in [-0.39, 0.29) is 18.4 Å². The number of carbonyl (C=O) groups is 2. The SMILES string of the molecule is Cc1nn(C)cc1C(C)N1C(=O)CC[C@H](C(=O)O)[C@H]1c1nccn1C. The van der Waals surface area contributed by atoms with E-state index in [9.17, 15) is 14.7 Å². The Morgan fingerprint density at radius 3 is 2.64 bits per heavy atom. The molecule has 1 aliphatic rings. The molecule has 1 aliphatic heterocycles. The van der Waals surface area contributed by atoms with Crippen LogP contribution in [-0.4, -0.2) is 41.2 Å². The number of aliphatic carboxylic acids is 1. The van der Waals surface area contributed by atoms with Crippen molar-refractivity contribution < 1.29 is 14.7 Å². The van der Waals surface area contributed by atoms with Crippen LogP contribution in [-0.2, 0) is 23.7 Å². The van der Waals surface area contributed by atoms with Crippen molar-refractivity contribution in [3.63, 3.8) is 0 Å². The molecule has 3 heterocycles. The molecule has 1 N–H and O–H groups in total. The van der Waals surface area contributed by atoms with Crippen molar-refractivity contribution in [3.8, 4) is 0 Å². The van der Waals surface area contributed by atoms with Crippen molar-refractivity contribution >= 4 is 11.9 Å². The van der Waals surface area contributed by atoms with Crippen LogP contribution in [0.3, 0.4) is 0 Å². The van der Waals surface area contributed by atoms with E-state index < -0.39 is 17.9 Å². The number of likely N-dealkylation sites (tertiary alicyclic amines) is 1. The van der Waals surface area contributed by atoms with Crippen LogP contribution in [0.2, 0.25) is 0 Å². The second-order valence-electron chi connectivity index (χ2n) is 6.65. The lowest BCUT2D eigenvalue weighted by atomic mass is 9.86. The summed E-state index contributed by atoms with van der Waals surface area (Å²) >= 11 is 0. The van der Waals surface area contributed by atoms with Crippen molar-refractivity contribution in [2.45, 2.75) is 38.8 Å². The second-order valence-corrected chi connectivity index (χ2v) is 6.65. The number of aromatic nitrogens is 4. The molecule has 1 fully saturated rings. The van der Waals surface area contributed by atoms with Crippen LogP contribution >= 0.6 is 0 Å². The van der Waals surface area contributed by atoms with Crippen molar-refractivity contribution in [1.82, 2.24) is 24.2 Å². The molecule has 0 bridgehead atoms. The first kappa shape index (κ1) is 17.2. The third kappa shape index (κ3) is 2.92. The number of hydrogen-bond donors (Lipinski definition) is 1. The average Bonchev–Trinajstić information content (AvgIpc) is 3.11. The Morgan fingerprint density at radius 2 is 2.12 bits per heavy atom. The van der Waals surface area contributed by atoms with Crippen LogP contribution < -0.4 is 0 Å². The molecule has 1 saturated heterocycles. The number of aryl methyl sites for hydroxylation is 3. The molecule has 1 unspecified atom stereocenters. The van der Waals surface area contributed by atoms with Crippen molar-refractivity contribution in [2.75, 3.05) is 0 Å². The van der Waals surface area contributed by atoms with Gasteiger partial charge < -0.3 is 14.6 Å². The third-order valence-electron chi connectivity index (χ3n) is 5.00. The van der Waals surface area contributed by atoms with E-state index in [1.807, 2.05) is 34.1 Å². The molecule has 1 amide bonds. The zero-order chi connectivity index (χ0) is 18.3. The standard InChI is InChI=1S/C17H23N5O3/c1-10-13(9-21(4)19-10)11(2)22-14(23)6-5-12(17(24)25)15(22)16-18-7-8-20(16)3/h7-9,11-12,15H,5-6H2,1-4H3,(H,24,25)/t11?,12-,15-/m0/s1. The van der Waals surface area contributed by atoms with Crippen LogP contribution in [0.4, 0.5) is 0 Å². The predicted octanol–water partition coefficient (Wildman–Crippen LogP) is 1.59. The lowest BCUT2D eigenvalue weighted by Crippen LogP contribution is -2.47. The van der Waals surface area contributed by atoms with Gasteiger partial charge >= 0.3 is 5.97 Å². The van der Waals surface area contributed by atoms with Gasteiger partial charge in [-0.25, -0.2) is 4.98 Å². The number of piperidine rings is 1. The van der Waals surface area contributed by atoms with Crippen LogP contribution in [0, 0.1) is 12.8 Å². The van der Waals surface area contributed by atoms with E-state index in [0.717, 1.165) is 11.3 Å². The first-order valence-corrected chi connectivity index (χ1v) is 8.32. The van der Waals surface area contributed by atoms with Gasteiger partial charge in [0.15, 0.2) is 0 Å². The number of amides is 1. The van der Waals surface area contributed by atoms with Gasteiger partial charge in [-0.15, -0.1) is 0 Å². The highest BCUT2D eigenvalue weighted by atomic mass is 16.4. The largest absolute Gasteiger partial charge is 0.481 e. The van der Waals surface area contributed by atoms with E-state index in [4.69, 9.17) is 0 Å². The zero-order valence-corrected chi connectivity index (χ0v) is 14.9. The topological polar surface area (TPSA) is 93.2 Å². The van der Waals surface area contributed by atoms with Crippen molar-refractivity contribution in [2.24, 2.45) is 20.0 Å². The van der Waals surface area contributed by atoms with E-state index in [1.54, 1.807) is 26.5 Å². The number of imidazole rings is 1. The first-order valence-electron chi connectivity index (χ1n) is 8.32. The number of carbonyl (C=O) groups excluding carboxylic acids is 1. The minimum atomic E-state index is -0.902. The molecule has 0 radical (unpaired) electrons. The number of nitrogens with zero attached hydrogens (tertiary/aromatic N) is 5. The van der Waals surface area contributed by atoms with Crippen LogP contribution in [0.1, 0.15) is 48.9 Å². The highest BCUT2D eigenvalue weighted by molar-refractivity contribution is 5.82. The van der Waals surface area contributed by atoms with Crippen molar-refractivity contribution in [3.05, 3.63) is 35.7 Å². The van der Waals surface area contributed by atoms with Crippen molar-refractivity contribution in [1.29, 1.82) is 0 Å². The summed E-state index contributed by atoms with van der Waals surface area (Å²) in [4.78, 5) is 30.7. The van der Waals surface area contributed by atoms with E-state index >= 15 is 0 Å². The lowest BCUT2D eigenvalue weighted by Gasteiger charge is -2.42.